The van der Waals surface area contributed by atoms with Crippen molar-refractivity contribution in [3.05, 3.63) is 71.8 Å². The van der Waals surface area contributed by atoms with E-state index >= 15 is 0 Å². The molecule has 1 aliphatic rings. The SMILES string of the molecule is N=Cc1ccc(C(=O)N2CCN(c3ccccc3O)CC2)c2ccccc12. The lowest BCUT2D eigenvalue weighted by Gasteiger charge is -2.36. The summed E-state index contributed by atoms with van der Waals surface area (Å²) in [6.45, 7) is 2.57. The lowest BCUT2D eigenvalue weighted by Crippen LogP contribution is -2.48. The monoisotopic (exact) mass is 359 g/mol. The Labute approximate surface area is 158 Å². The second-order valence-electron chi connectivity index (χ2n) is 6.66. The minimum absolute atomic E-state index is 0.0136. The van der Waals surface area contributed by atoms with Gasteiger partial charge in [0.25, 0.3) is 5.91 Å². The van der Waals surface area contributed by atoms with Crippen LogP contribution in [0.15, 0.2) is 60.7 Å². The number of benzene rings is 3. The number of phenols is 1. The number of carbonyl (C=O) groups is 1. The summed E-state index contributed by atoms with van der Waals surface area (Å²) < 4.78 is 0. The predicted octanol–water partition coefficient (Wildman–Crippen LogP) is 3.51. The number of nitrogens with one attached hydrogen (secondary N) is 1. The summed E-state index contributed by atoms with van der Waals surface area (Å²) in [5.41, 5.74) is 2.30. The number of phenolic OH excluding ortho intramolecular Hbond substituents is 1. The van der Waals surface area contributed by atoms with E-state index in [1.54, 1.807) is 6.07 Å². The molecule has 0 saturated carbocycles. The van der Waals surface area contributed by atoms with Crippen LogP contribution < -0.4 is 4.90 Å². The van der Waals surface area contributed by atoms with Crippen molar-refractivity contribution in [3.63, 3.8) is 0 Å². The van der Waals surface area contributed by atoms with Crippen molar-refractivity contribution in [1.29, 1.82) is 5.41 Å². The molecule has 1 amide bonds. The van der Waals surface area contributed by atoms with Crippen molar-refractivity contribution in [1.82, 2.24) is 4.90 Å². The molecule has 0 spiro atoms. The second-order valence-corrected chi connectivity index (χ2v) is 6.66. The Morgan fingerprint density at radius 1 is 0.889 bits per heavy atom. The Morgan fingerprint density at radius 2 is 1.56 bits per heavy atom. The highest BCUT2D eigenvalue weighted by Gasteiger charge is 2.24. The molecule has 5 nitrogen and oxygen atoms in total. The molecule has 4 rings (SSSR count). The van der Waals surface area contributed by atoms with E-state index in [1.807, 2.05) is 59.5 Å². The van der Waals surface area contributed by atoms with Crippen molar-refractivity contribution < 1.29 is 9.90 Å². The van der Waals surface area contributed by atoms with Crippen LogP contribution >= 0.6 is 0 Å². The highest BCUT2D eigenvalue weighted by Crippen LogP contribution is 2.28. The lowest BCUT2D eigenvalue weighted by atomic mass is 9.99. The molecule has 1 aliphatic heterocycles. The first-order valence-corrected chi connectivity index (χ1v) is 9.03. The van der Waals surface area contributed by atoms with Crippen molar-refractivity contribution >= 4 is 28.6 Å². The fraction of sp³-hybridized carbons (Fsp3) is 0.182. The maximum absolute atomic E-state index is 13.1. The number of hydrogen-bond acceptors (Lipinski definition) is 4. The second kappa shape index (κ2) is 7.11. The summed E-state index contributed by atoms with van der Waals surface area (Å²) >= 11 is 0. The van der Waals surface area contributed by atoms with Crippen LogP contribution in [0.4, 0.5) is 5.69 Å². The Morgan fingerprint density at radius 3 is 2.26 bits per heavy atom. The molecule has 0 aliphatic carbocycles. The standard InChI is InChI=1S/C22H21N3O2/c23-15-16-9-10-19(18-6-2-1-5-17(16)18)22(27)25-13-11-24(12-14-25)20-7-3-4-8-21(20)26/h1-10,15,23,26H,11-14H2. The van der Waals surface area contributed by atoms with Gasteiger partial charge in [0.1, 0.15) is 5.75 Å². The first kappa shape index (κ1) is 17.1. The smallest absolute Gasteiger partial charge is 0.254 e. The van der Waals surface area contributed by atoms with Gasteiger partial charge in [-0.2, -0.15) is 0 Å². The summed E-state index contributed by atoms with van der Waals surface area (Å²) in [5.74, 6) is 0.283. The van der Waals surface area contributed by atoms with Crippen LogP contribution in [0.25, 0.3) is 10.8 Å². The van der Waals surface area contributed by atoms with Crippen LogP contribution in [-0.2, 0) is 0 Å². The van der Waals surface area contributed by atoms with E-state index in [0.717, 1.165) is 22.0 Å². The molecule has 2 N–H and O–H groups in total. The Balaban J connectivity index is 1.56. The molecule has 0 radical (unpaired) electrons. The minimum Gasteiger partial charge on any atom is -0.506 e. The Kier molecular flexibility index (Phi) is 4.50. The fourth-order valence-corrected chi connectivity index (χ4v) is 3.69. The third kappa shape index (κ3) is 3.12. The van der Waals surface area contributed by atoms with Gasteiger partial charge in [0.05, 0.1) is 5.69 Å². The highest BCUT2D eigenvalue weighted by atomic mass is 16.3. The summed E-state index contributed by atoms with van der Waals surface area (Å²) in [4.78, 5) is 17.1. The van der Waals surface area contributed by atoms with Crippen LogP contribution in [0.3, 0.4) is 0 Å². The topological polar surface area (TPSA) is 67.6 Å². The number of fused-ring (bicyclic) bond motifs is 1. The maximum Gasteiger partial charge on any atom is 0.254 e. The Hall–Kier alpha value is -3.34. The van der Waals surface area contributed by atoms with Gasteiger partial charge in [-0.05, 0) is 34.5 Å². The van der Waals surface area contributed by atoms with Gasteiger partial charge in [0, 0.05) is 38.0 Å². The van der Waals surface area contributed by atoms with Crippen molar-refractivity contribution in [2.75, 3.05) is 31.1 Å². The average molecular weight is 359 g/mol. The number of piperazine rings is 1. The number of hydrogen-bond donors (Lipinski definition) is 2. The van der Waals surface area contributed by atoms with Gasteiger partial charge in [-0.15, -0.1) is 0 Å². The summed E-state index contributed by atoms with van der Waals surface area (Å²) in [5, 5.41) is 19.4. The molecule has 3 aromatic carbocycles. The molecule has 0 aromatic heterocycles. The molecule has 1 heterocycles. The highest BCUT2D eigenvalue weighted by molar-refractivity contribution is 6.11. The number of carbonyl (C=O) groups excluding carboxylic acids is 1. The van der Waals surface area contributed by atoms with Crippen LogP contribution in [0.1, 0.15) is 15.9 Å². The lowest BCUT2D eigenvalue weighted by molar-refractivity contribution is 0.0748. The molecule has 0 atom stereocenters. The molecular weight excluding hydrogens is 338 g/mol. The van der Waals surface area contributed by atoms with Gasteiger partial charge in [-0.25, -0.2) is 0 Å². The van der Waals surface area contributed by atoms with Gasteiger partial charge in [0.2, 0.25) is 0 Å². The van der Waals surface area contributed by atoms with E-state index in [9.17, 15) is 9.90 Å². The number of anilines is 1. The van der Waals surface area contributed by atoms with E-state index in [2.05, 4.69) is 4.90 Å². The largest absolute Gasteiger partial charge is 0.506 e. The van der Waals surface area contributed by atoms with Gasteiger partial charge in [-0.3, -0.25) is 4.79 Å². The molecular formula is C22H21N3O2. The third-order valence-corrected chi connectivity index (χ3v) is 5.13. The number of aromatic hydroxyl groups is 1. The van der Waals surface area contributed by atoms with Gasteiger partial charge in [-0.1, -0.05) is 42.5 Å². The minimum atomic E-state index is 0.0136. The quantitative estimate of drug-likeness (QED) is 0.703. The van der Waals surface area contributed by atoms with Gasteiger partial charge in [0.15, 0.2) is 0 Å². The fourth-order valence-electron chi connectivity index (χ4n) is 3.69. The molecule has 0 bridgehead atoms. The molecule has 3 aromatic rings. The summed E-state index contributed by atoms with van der Waals surface area (Å²) in [7, 11) is 0. The number of para-hydroxylation sites is 2. The number of nitrogens with zero attached hydrogens (tertiary/aromatic N) is 2. The van der Waals surface area contributed by atoms with E-state index in [0.29, 0.717) is 31.7 Å². The van der Waals surface area contributed by atoms with E-state index in [1.165, 1.54) is 6.21 Å². The molecule has 0 unspecified atom stereocenters. The summed E-state index contributed by atoms with van der Waals surface area (Å²) in [6.07, 6.45) is 1.32. The molecule has 27 heavy (non-hydrogen) atoms. The zero-order chi connectivity index (χ0) is 18.8. The third-order valence-electron chi connectivity index (χ3n) is 5.13. The normalized spacial score (nSPS) is 14.4. The van der Waals surface area contributed by atoms with Crippen molar-refractivity contribution in [3.8, 4) is 5.75 Å². The zero-order valence-electron chi connectivity index (χ0n) is 14.9. The first-order valence-electron chi connectivity index (χ1n) is 9.03. The van der Waals surface area contributed by atoms with Crippen LogP contribution in [0.2, 0.25) is 0 Å². The van der Waals surface area contributed by atoms with E-state index in [-0.39, 0.29) is 11.7 Å². The first-order chi connectivity index (χ1) is 13.2. The van der Waals surface area contributed by atoms with Crippen LogP contribution in [-0.4, -0.2) is 48.3 Å². The average Bonchev–Trinajstić information content (AvgIpc) is 2.73. The zero-order valence-corrected chi connectivity index (χ0v) is 14.9. The van der Waals surface area contributed by atoms with Gasteiger partial charge < -0.3 is 20.3 Å². The maximum atomic E-state index is 13.1. The number of rotatable bonds is 3. The van der Waals surface area contributed by atoms with E-state index in [4.69, 9.17) is 5.41 Å². The number of amides is 1. The van der Waals surface area contributed by atoms with Crippen molar-refractivity contribution in [2.24, 2.45) is 0 Å². The van der Waals surface area contributed by atoms with Crippen molar-refractivity contribution in [2.45, 2.75) is 0 Å². The van der Waals surface area contributed by atoms with Crippen LogP contribution in [0.5, 0.6) is 5.75 Å². The van der Waals surface area contributed by atoms with Crippen LogP contribution in [0, 0.1) is 5.41 Å². The predicted molar refractivity (Wildman–Crippen MR) is 108 cm³/mol. The molecule has 136 valence electrons. The summed E-state index contributed by atoms with van der Waals surface area (Å²) in [6, 6.07) is 18.7. The molecule has 5 heteroatoms. The molecule has 1 fully saturated rings. The Bertz CT molecular complexity index is 1010. The van der Waals surface area contributed by atoms with E-state index < -0.39 is 0 Å². The molecule has 1 saturated heterocycles. The van der Waals surface area contributed by atoms with Gasteiger partial charge >= 0.3 is 0 Å².